The molecule has 1 N–H and O–H groups in total. The molecule has 0 bridgehead atoms. The molecule has 2 aliphatic heterocycles. The van der Waals surface area contributed by atoms with Gasteiger partial charge in [0.15, 0.2) is 5.75 Å². The topological polar surface area (TPSA) is 74.8 Å². The minimum Gasteiger partial charge on any atom is -0.436 e. The van der Waals surface area contributed by atoms with Crippen LogP contribution in [0.5, 0.6) is 11.6 Å². The van der Waals surface area contributed by atoms with Crippen molar-refractivity contribution in [2.45, 2.75) is 13.1 Å². The zero-order valence-corrected chi connectivity index (χ0v) is 18.7. The number of aromatic nitrogens is 1. The molecule has 0 radical (unpaired) electrons. The summed E-state index contributed by atoms with van der Waals surface area (Å²) in [4.78, 5) is 33.3. The molecular formula is C25H21F3N4O3. The van der Waals surface area contributed by atoms with Crippen LogP contribution in [-0.4, -0.2) is 47.9 Å². The Morgan fingerprint density at radius 2 is 1.77 bits per heavy atom. The molecule has 0 unspecified atom stereocenters. The number of halogens is 3. The third kappa shape index (κ3) is 4.39. The average Bonchev–Trinajstić information content (AvgIpc) is 2.98. The van der Waals surface area contributed by atoms with Crippen molar-refractivity contribution in [3.63, 3.8) is 0 Å². The van der Waals surface area contributed by atoms with Crippen molar-refractivity contribution in [3.8, 4) is 11.6 Å². The number of rotatable bonds is 2. The Hall–Kier alpha value is -4.08. The number of hydrogen-bond donors (Lipinski definition) is 1. The summed E-state index contributed by atoms with van der Waals surface area (Å²) in [5.41, 5.74) is 0.507. The summed E-state index contributed by atoms with van der Waals surface area (Å²) in [6, 6.07) is 13.6. The van der Waals surface area contributed by atoms with E-state index in [0.717, 1.165) is 11.6 Å². The Labute approximate surface area is 199 Å². The maximum Gasteiger partial charge on any atom is 0.417 e. The number of benzene rings is 2. The molecule has 1 aromatic heterocycles. The van der Waals surface area contributed by atoms with Crippen LogP contribution in [0.1, 0.15) is 31.8 Å². The molecule has 2 amide bonds. The normalized spacial score (nSPS) is 15.5. The molecule has 7 nitrogen and oxygen atoms in total. The van der Waals surface area contributed by atoms with Crippen LogP contribution >= 0.6 is 0 Å². The number of aryl methyl sites for hydroxylation is 1. The minimum absolute atomic E-state index is 0.168. The van der Waals surface area contributed by atoms with Crippen LogP contribution in [0.15, 0.2) is 54.6 Å². The number of nitrogens with zero attached hydrogens (tertiary/aromatic N) is 3. The summed E-state index contributed by atoms with van der Waals surface area (Å²) in [5, 5.41) is 2.81. The van der Waals surface area contributed by atoms with E-state index >= 15 is 0 Å². The predicted molar refractivity (Wildman–Crippen MR) is 123 cm³/mol. The zero-order valence-electron chi connectivity index (χ0n) is 18.7. The molecule has 180 valence electrons. The van der Waals surface area contributed by atoms with Gasteiger partial charge in [0.05, 0.1) is 16.8 Å². The van der Waals surface area contributed by atoms with Crippen LogP contribution in [0.2, 0.25) is 0 Å². The van der Waals surface area contributed by atoms with Crippen molar-refractivity contribution < 1.29 is 27.5 Å². The van der Waals surface area contributed by atoms with Gasteiger partial charge < -0.3 is 19.9 Å². The summed E-state index contributed by atoms with van der Waals surface area (Å²) in [7, 11) is 0. The fourth-order valence-corrected chi connectivity index (χ4v) is 4.19. The van der Waals surface area contributed by atoms with E-state index in [1.165, 1.54) is 23.1 Å². The van der Waals surface area contributed by atoms with E-state index in [1.807, 2.05) is 24.0 Å². The molecule has 3 aromatic rings. The molecule has 2 aliphatic rings. The smallest absolute Gasteiger partial charge is 0.417 e. The molecule has 3 heterocycles. The summed E-state index contributed by atoms with van der Waals surface area (Å²) in [5.74, 6) is 0.220. The van der Waals surface area contributed by atoms with Gasteiger partial charge in [-0.3, -0.25) is 9.59 Å². The minimum atomic E-state index is -4.61. The van der Waals surface area contributed by atoms with Gasteiger partial charge in [-0.05, 0) is 48.9 Å². The molecule has 2 aromatic carbocycles. The van der Waals surface area contributed by atoms with E-state index in [1.54, 1.807) is 18.2 Å². The highest BCUT2D eigenvalue weighted by Gasteiger charge is 2.36. The number of amides is 2. The Bertz CT molecular complexity index is 1320. The fraction of sp³-hybridized carbons (Fsp3) is 0.240. The number of fused-ring (bicyclic) bond motifs is 2. The first-order chi connectivity index (χ1) is 16.7. The van der Waals surface area contributed by atoms with Crippen LogP contribution < -0.4 is 15.0 Å². The number of alkyl halides is 3. The van der Waals surface area contributed by atoms with Gasteiger partial charge in [-0.1, -0.05) is 18.2 Å². The van der Waals surface area contributed by atoms with Crippen molar-refractivity contribution in [3.05, 3.63) is 76.9 Å². The highest BCUT2D eigenvalue weighted by molar-refractivity contribution is 6.07. The number of hydrogen-bond acceptors (Lipinski definition) is 5. The van der Waals surface area contributed by atoms with Crippen molar-refractivity contribution in [2.75, 3.05) is 36.4 Å². The number of piperazine rings is 1. The molecule has 0 spiro atoms. The number of nitrogens with one attached hydrogen (secondary N) is 1. The second-order valence-corrected chi connectivity index (χ2v) is 8.40. The maximum absolute atomic E-state index is 13.3. The molecule has 35 heavy (non-hydrogen) atoms. The van der Waals surface area contributed by atoms with Crippen molar-refractivity contribution in [1.29, 1.82) is 0 Å². The van der Waals surface area contributed by atoms with E-state index in [2.05, 4.69) is 10.3 Å². The lowest BCUT2D eigenvalue weighted by molar-refractivity contribution is -0.138. The summed E-state index contributed by atoms with van der Waals surface area (Å²) >= 11 is 0. The lowest BCUT2D eigenvalue weighted by Gasteiger charge is -2.36. The number of ether oxygens (including phenoxy) is 1. The molecule has 10 heteroatoms. The number of pyridine rings is 1. The molecular weight excluding hydrogens is 461 g/mol. The number of anilines is 2. The first-order valence-electron chi connectivity index (χ1n) is 11.0. The first-order valence-corrected chi connectivity index (χ1v) is 11.0. The van der Waals surface area contributed by atoms with E-state index in [9.17, 15) is 22.8 Å². The van der Waals surface area contributed by atoms with Crippen LogP contribution in [0.25, 0.3) is 0 Å². The van der Waals surface area contributed by atoms with Crippen LogP contribution in [0.4, 0.5) is 24.7 Å². The third-order valence-corrected chi connectivity index (χ3v) is 6.04. The van der Waals surface area contributed by atoms with Gasteiger partial charge in [-0.2, -0.15) is 18.2 Å². The molecule has 0 saturated carbocycles. The fourth-order valence-electron chi connectivity index (χ4n) is 4.19. The largest absolute Gasteiger partial charge is 0.436 e. The monoisotopic (exact) mass is 482 g/mol. The Kier molecular flexibility index (Phi) is 5.58. The molecule has 0 atom stereocenters. The summed E-state index contributed by atoms with van der Waals surface area (Å²) < 4.78 is 46.0. The average molecular weight is 482 g/mol. The van der Waals surface area contributed by atoms with Gasteiger partial charge in [0.2, 0.25) is 5.88 Å². The standard InChI is InChI=1S/C25H21F3N4O3/c1-15-6-8-19-20(14-15)35-23-17(22(33)29-19)7-9-21(30-23)31-10-12-32(13-11-31)24(34)16-4-2-3-5-18(16)25(26,27)28/h2-9,14H,10-13H2,1H3,(H,29,33). The number of carbonyl (C=O) groups excluding carboxylic acids is 2. The molecule has 1 fully saturated rings. The van der Waals surface area contributed by atoms with Gasteiger partial charge in [0, 0.05) is 26.2 Å². The quantitative estimate of drug-likeness (QED) is 0.572. The second-order valence-electron chi connectivity index (χ2n) is 8.40. The Morgan fingerprint density at radius 1 is 1.03 bits per heavy atom. The van der Waals surface area contributed by atoms with Crippen molar-refractivity contribution in [1.82, 2.24) is 9.88 Å². The highest BCUT2D eigenvalue weighted by Crippen LogP contribution is 2.36. The van der Waals surface area contributed by atoms with Gasteiger partial charge >= 0.3 is 6.18 Å². The van der Waals surface area contributed by atoms with Gasteiger partial charge in [0.25, 0.3) is 11.8 Å². The third-order valence-electron chi connectivity index (χ3n) is 6.04. The predicted octanol–water partition coefficient (Wildman–Crippen LogP) is 4.73. The van der Waals surface area contributed by atoms with E-state index in [-0.39, 0.29) is 30.4 Å². The molecule has 5 rings (SSSR count). The summed E-state index contributed by atoms with van der Waals surface area (Å²) in [6.45, 7) is 3.11. The molecule has 1 saturated heterocycles. The molecule has 0 aliphatic carbocycles. The lowest BCUT2D eigenvalue weighted by atomic mass is 10.1. The van der Waals surface area contributed by atoms with Crippen LogP contribution in [0.3, 0.4) is 0 Å². The van der Waals surface area contributed by atoms with Crippen LogP contribution in [0, 0.1) is 6.92 Å². The summed E-state index contributed by atoms with van der Waals surface area (Å²) in [6.07, 6.45) is -4.61. The lowest BCUT2D eigenvalue weighted by Crippen LogP contribution is -2.49. The van der Waals surface area contributed by atoms with E-state index < -0.39 is 17.6 Å². The SMILES string of the molecule is Cc1ccc2c(c1)Oc1nc(N3CCN(C(=O)c4ccccc4C(F)(F)F)CC3)ccc1C(=O)N2. The Balaban J connectivity index is 1.33. The van der Waals surface area contributed by atoms with Crippen LogP contribution in [-0.2, 0) is 6.18 Å². The highest BCUT2D eigenvalue weighted by atomic mass is 19.4. The van der Waals surface area contributed by atoms with E-state index in [4.69, 9.17) is 4.74 Å². The number of carbonyl (C=O) groups is 2. The zero-order chi connectivity index (χ0) is 24.7. The van der Waals surface area contributed by atoms with Crippen molar-refractivity contribution in [2.24, 2.45) is 0 Å². The Morgan fingerprint density at radius 3 is 2.51 bits per heavy atom. The van der Waals surface area contributed by atoms with E-state index in [0.29, 0.717) is 35.9 Å². The van der Waals surface area contributed by atoms with Gasteiger partial charge in [-0.25, -0.2) is 0 Å². The van der Waals surface area contributed by atoms with Gasteiger partial charge in [-0.15, -0.1) is 0 Å². The van der Waals surface area contributed by atoms with Crippen molar-refractivity contribution >= 4 is 23.3 Å². The second kappa shape index (κ2) is 8.61. The maximum atomic E-state index is 13.3. The van der Waals surface area contributed by atoms with Gasteiger partial charge in [0.1, 0.15) is 11.4 Å². The first kappa shape index (κ1) is 22.7.